The molecule has 0 spiro atoms. The molecule has 3 N–H and O–H groups in total. The number of rotatable bonds is 6. The highest BCUT2D eigenvalue weighted by Crippen LogP contribution is 2.32. The quantitative estimate of drug-likeness (QED) is 0.720. The van der Waals surface area contributed by atoms with Crippen molar-refractivity contribution in [3.05, 3.63) is 35.4 Å². The molecule has 2 amide bonds. The number of carbonyl (C=O) groups is 2. The Bertz CT molecular complexity index is 480. The summed E-state index contributed by atoms with van der Waals surface area (Å²) < 4.78 is 0. The highest BCUT2D eigenvalue weighted by atomic mass is 16.3. The van der Waals surface area contributed by atoms with Gasteiger partial charge in [0.15, 0.2) is 0 Å². The summed E-state index contributed by atoms with van der Waals surface area (Å²) in [7, 11) is 0. The Morgan fingerprint density at radius 2 is 1.90 bits per heavy atom. The van der Waals surface area contributed by atoms with E-state index in [9.17, 15) is 14.7 Å². The summed E-state index contributed by atoms with van der Waals surface area (Å²) in [5.41, 5.74) is 1.49. The second kappa shape index (κ2) is 6.52. The molecular formula is C15H20N2O3. The van der Waals surface area contributed by atoms with Gasteiger partial charge in [0, 0.05) is 25.6 Å². The van der Waals surface area contributed by atoms with E-state index in [4.69, 9.17) is 0 Å². The molecule has 0 saturated heterocycles. The summed E-state index contributed by atoms with van der Waals surface area (Å²) in [5.74, 6) is 0.0898. The van der Waals surface area contributed by atoms with Gasteiger partial charge in [-0.3, -0.25) is 9.59 Å². The molecule has 1 fully saturated rings. The molecule has 108 valence electrons. The highest BCUT2D eigenvalue weighted by Gasteiger charge is 2.29. The first-order valence-corrected chi connectivity index (χ1v) is 6.86. The molecule has 20 heavy (non-hydrogen) atoms. The number of aliphatic hydroxyl groups is 1. The van der Waals surface area contributed by atoms with E-state index in [-0.39, 0.29) is 11.8 Å². The SMILES string of the molecule is CC(=O)NCc1ccc(C(=O)NCC(O)C2CC2)cc1. The van der Waals surface area contributed by atoms with E-state index in [2.05, 4.69) is 10.6 Å². The van der Waals surface area contributed by atoms with Gasteiger partial charge < -0.3 is 15.7 Å². The van der Waals surface area contributed by atoms with Gasteiger partial charge in [-0.25, -0.2) is 0 Å². The van der Waals surface area contributed by atoms with Gasteiger partial charge in [0.05, 0.1) is 6.10 Å². The lowest BCUT2D eigenvalue weighted by molar-refractivity contribution is -0.119. The molecule has 2 rings (SSSR count). The Morgan fingerprint density at radius 3 is 2.45 bits per heavy atom. The van der Waals surface area contributed by atoms with Gasteiger partial charge >= 0.3 is 0 Å². The van der Waals surface area contributed by atoms with E-state index in [1.807, 2.05) is 12.1 Å². The van der Waals surface area contributed by atoms with Crippen LogP contribution in [-0.2, 0) is 11.3 Å². The molecule has 1 aliphatic rings. The molecule has 1 atom stereocenters. The largest absolute Gasteiger partial charge is 0.391 e. The topological polar surface area (TPSA) is 78.4 Å². The lowest BCUT2D eigenvalue weighted by atomic mass is 10.1. The van der Waals surface area contributed by atoms with Gasteiger partial charge in [-0.15, -0.1) is 0 Å². The van der Waals surface area contributed by atoms with Crippen molar-refractivity contribution in [1.29, 1.82) is 0 Å². The van der Waals surface area contributed by atoms with Crippen molar-refractivity contribution in [2.75, 3.05) is 6.54 Å². The Hall–Kier alpha value is -1.88. The maximum Gasteiger partial charge on any atom is 0.251 e. The average Bonchev–Trinajstić information content (AvgIpc) is 3.27. The molecule has 1 saturated carbocycles. The van der Waals surface area contributed by atoms with Crippen molar-refractivity contribution in [1.82, 2.24) is 10.6 Å². The predicted molar refractivity (Wildman–Crippen MR) is 75.0 cm³/mol. The number of benzene rings is 1. The van der Waals surface area contributed by atoms with Gasteiger partial charge in [-0.2, -0.15) is 0 Å². The number of aliphatic hydroxyl groups excluding tert-OH is 1. The third-order valence-electron chi connectivity index (χ3n) is 3.40. The number of hydrogen-bond acceptors (Lipinski definition) is 3. The second-order valence-corrected chi connectivity index (χ2v) is 5.22. The molecule has 1 unspecified atom stereocenters. The zero-order valence-corrected chi connectivity index (χ0v) is 11.6. The maximum atomic E-state index is 11.9. The molecule has 0 aromatic heterocycles. The van der Waals surface area contributed by atoms with Crippen molar-refractivity contribution in [3.63, 3.8) is 0 Å². The van der Waals surface area contributed by atoms with Crippen LogP contribution in [0.25, 0.3) is 0 Å². The van der Waals surface area contributed by atoms with Crippen LogP contribution in [-0.4, -0.2) is 29.6 Å². The summed E-state index contributed by atoms with van der Waals surface area (Å²) in [4.78, 5) is 22.7. The minimum atomic E-state index is -0.432. The molecule has 5 nitrogen and oxygen atoms in total. The Balaban J connectivity index is 1.81. The molecule has 0 heterocycles. The van der Waals surface area contributed by atoms with E-state index in [0.717, 1.165) is 18.4 Å². The van der Waals surface area contributed by atoms with Crippen molar-refractivity contribution < 1.29 is 14.7 Å². The summed E-state index contributed by atoms with van der Waals surface area (Å²) in [6, 6.07) is 7.05. The van der Waals surface area contributed by atoms with Crippen LogP contribution in [0.5, 0.6) is 0 Å². The zero-order chi connectivity index (χ0) is 14.5. The minimum Gasteiger partial charge on any atom is -0.391 e. The lowest BCUT2D eigenvalue weighted by Crippen LogP contribution is -2.33. The fourth-order valence-corrected chi connectivity index (χ4v) is 1.95. The summed E-state index contributed by atoms with van der Waals surface area (Å²) in [6.07, 6.45) is 1.67. The maximum absolute atomic E-state index is 11.9. The van der Waals surface area contributed by atoms with Gasteiger partial charge in [-0.05, 0) is 36.5 Å². The third kappa shape index (κ3) is 4.35. The van der Waals surface area contributed by atoms with E-state index in [1.165, 1.54) is 6.92 Å². The van der Waals surface area contributed by atoms with Crippen molar-refractivity contribution in [3.8, 4) is 0 Å². The number of nitrogens with one attached hydrogen (secondary N) is 2. The van der Waals surface area contributed by atoms with Crippen molar-refractivity contribution in [2.24, 2.45) is 5.92 Å². The van der Waals surface area contributed by atoms with Crippen LogP contribution in [0.2, 0.25) is 0 Å². The summed E-state index contributed by atoms with van der Waals surface area (Å²) in [6.45, 7) is 2.22. The fourth-order valence-electron chi connectivity index (χ4n) is 1.95. The Morgan fingerprint density at radius 1 is 1.25 bits per heavy atom. The zero-order valence-electron chi connectivity index (χ0n) is 11.6. The van der Waals surface area contributed by atoms with Crippen LogP contribution in [0, 0.1) is 5.92 Å². The number of amides is 2. The molecule has 5 heteroatoms. The van der Waals surface area contributed by atoms with E-state index >= 15 is 0 Å². The summed E-state index contributed by atoms with van der Waals surface area (Å²) in [5, 5.41) is 15.1. The monoisotopic (exact) mass is 276 g/mol. The molecular weight excluding hydrogens is 256 g/mol. The Labute approximate surface area is 118 Å². The summed E-state index contributed by atoms with van der Waals surface area (Å²) >= 11 is 0. The van der Waals surface area contributed by atoms with E-state index < -0.39 is 6.10 Å². The number of carbonyl (C=O) groups excluding carboxylic acids is 2. The normalized spacial score (nSPS) is 15.5. The van der Waals surface area contributed by atoms with Crippen LogP contribution in [0.4, 0.5) is 0 Å². The van der Waals surface area contributed by atoms with E-state index in [1.54, 1.807) is 12.1 Å². The molecule has 0 bridgehead atoms. The molecule has 0 radical (unpaired) electrons. The van der Waals surface area contributed by atoms with Crippen LogP contribution >= 0.6 is 0 Å². The highest BCUT2D eigenvalue weighted by molar-refractivity contribution is 5.94. The minimum absolute atomic E-state index is 0.0825. The third-order valence-corrected chi connectivity index (χ3v) is 3.40. The molecule has 1 aliphatic carbocycles. The van der Waals surface area contributed by atoms with Gasteiger partial charge in [0.2, 0.25) is 5.91 Å². The van der Waals surface area contributed by atoms with Gasteiger partial charge in [0.1, 0.15) is 0 Å². The first-order valence-electron chi connectivity index (χ1n) is 6.86. The van der Waals surface area contributed by atoms with Crippen LogP contribution in [0.3, 0.4) is 0 Å². The molecule has 1 aromatic rings. The second-order valence-electron chi connectivity index (χ2n) is 5.22. The molecule has 0 aliphatic heterocycles. The van der Waals surface area contributed by atoms with E-state index in [0.29, 0.717) is 24.6 Å². The number of hydrogen-bond donors (Lipinski definition) is 3. The van der Waals surface area contributed by atoms with Crippen LogP contribution in [0.1, 0.15) is 35.7 Å². The van der Waals surface area contributed by atoms with Crippen LogP contribution in [0.15, 0.2) is 24.3 Å². The van der Waals surface area contributed by atoms with Crippen molar-refractivity contribution in [2.45, 2.75) is 32.4 Å². The predicted octanol–water partition coefficient (Wildman–Crippen LogP) is 0.823. The van der Waals surface area contributed by atoms with Gasteiger partial charge in [-0.1, -0.05) is 12.1 Å². The first kappa shape index (κ1) is 14.5. The standard InChI is InChI=1S/C15H20N2O3/c1-10(18)16-8-11-2-4-13(5-3-11)15(20)17-9-14(19)12-6-7-12/h2-5,12,14,19H,6-9H2,1H3,(H,16,18)(H,17,20). The van der Waals surface area contributed by atoms with Gasteiger partial charge in [0.25, 0.3) is 5.91 Å². The lowest BCUT2D eigenvalue weighted by Gasteiger charge is -2.11. The molecule has 1 aromatic carbocycles. The van der Waals surface area contributed by atoms with Crippen molar-refractivity contribution >= 4 is 11.8 Å². The Kier molecular flexibility index (Phi) is 4.74. The van der Waals surface area contributed by atoms with Crippen LogP contribution < -0.4 is 10.6 Å². The fraction of sp³-hybridized carbons (Fsp3) is 0.467. The average molecular weight is 276 g/mol. The first-order chi connectivity index (χ1) is 9.56. The smallest absolute Gasteiger partial charge is 0.251 e.